The molecule has 0 aliphatic heterocycles. The lowest BCUT2D eigenvalue weighted by molar-refractivity contribution is -0.131. The van der Waals surface area contributed by atoms with Crippen LogP contribution in [0.4, 0.5) is 0 Å². The van der Waals surface area contributed by atoms with Gasteiger partial charge in [-0.1, -0.05) is 111 Å². The molecule has 4 rings (SSSR count). The Hall–Kier alpha value is -0.340. The van der Waals surface area contributed by atoms with E-state index in [-0.39, 0.29) is 17.6 Å². The Bertz CT molecular complexity index is 756. The van der Waals surface area contributed by atoms with Crippen LogP contribution in [-0.2, 0) is 4.74 Å². The molecule has 0 amide bonds. The van der Waals surface area contributed by atoms with Gasteiger partial charge in [0, 0.05) is 18.4 Å². The Morgan fingerprint density at radius 1 is 0.921 bits per heavy atom. The van der Waals surface area contributed by atoms with Crippen LogP contribution in [0.2, 0.25) is 0 Å². The standard InChI is InChI=1S/C36H64O2/c1-7-8-9-10-11-12-13-23-38-34-25-29(37)24-28-17-18-30-32-20-19-31(27(4)16-14-15-26(2)3)35(32,5)22-21-33(30)36(28,34)6/h17,26-27,29-34,37H,7-16,18-25H2,1-6H3/t27-,29-,30+,31-,32+,33+,34?,35-,36+/m1/s1. The van der Waals surface area contributed by atoms with Crippen LogP contribution in [0.5, 0.6) is 0 Å². The zero-order valence-electron chi connectivity index (χ0n) is 26.3. The molecule has 3 saturated carbocycles. The lowest BCUT2D eigenvalue weighted by Crippen LogP contribution is -2.56. The van der Waals surface area contributed by atoms with Crippen molar-refractivity contribution in [1.29, 1.82) is 0 Å². The first-order valence-electron chi connectivity index (χ1n) is 17.2. The topological polar surface area (TPSA) is 29.5 Å². The fourth-order valence-corrected chi connectivity index (χ4v) is 10.2. The summed E-state index contributed by atoms with van der Waals surface area (Å²) in [4.78, 5) is 0. The summed E-state index contributed by atoms with van der Waals surface area (Å²) in [6, 6.07) is 0. The molecule has 38 heavy (non-hydrogen) atoms. The van der Waals surface area contributed by atoms with Gasteiger partial charge in [-0.15, -0.1) is 0 Å². The van der Waals surface area contributed by atoms with Crippen molar-refractivity contribution in [2.75, 3.05) is 6.61 Å². The van der Waals surface area contributed by atoms with E-state index in [9.17, 15) is 5.11 Å². The minimum atomic E-state index is -0.221. The summed E-state index contributed by atoms with van der Waals surface area (Å²) in [7, 11) is 0. The molecule has 0 aromatic rings. The average molecular weight is 529 g/mol. The van der Waals surface area contributed by atoms with Crippen molar-refractivity contribution in [3.63, 3.8) is 0 Å². The van der Waals surface area contributed by atoms with Crippen LogP contribution < -0.4 is 0 Å². The largest absolute Gasteiger partial charge is 0.393 e. The predicted octanol–water partition coefficient (Wildman–Crippen LogP) is 10.1. The number of fused-ring (bicyclic) bond motifs is 5. The molecule has 0 radical (unpaired) electrons. The van der Waals surface area contributed by atoms with Crippen molar-refractivity contribution in [3.8, 4) is 0 Å². The Labute approximate surface area is 237 Å². The first-order valence-corrected chi connectivity index (χ1v) is 17.2. The van der Waals surface area contributed by atoms with Gasteiger partial charge in [0.1, 0.15) is 0 Å². The number of aliphatic hydroxyl groups is 1. The molecule has 4 aliphatic carbocycles. The normalized spacial score (nSPS) is 39.4. The molecular weight excluding hydrogens is 464 g/mol. The number of ether oxygens (including phenoxy) is 1. The molecule has 3 fully saturated rings. The fourth-order valence-electron chi connectivity index (χ4n) is 10.2. The first-order chi connectivity index (χ1) is 18.2. The molecule has 1 unspecified atom stereocenters. The highest BCUT2D eigenvalue weighted by molar-refractivity contribution is 5.28. The molecule has 0 aromatic carbocycles. The van der Waals surface area contributed by atoms with Gasteiger partial charge in [-0.2, -0.15) is 0 Å². The Kier molecular flexibility index (Phi) is 10.9. The maximum absolute atomic E-state index is 10.8. The van der Waals surface area contributed by atoms with Gasteiger partial charge in [0.05, 0.1) is 12.2 Å². The van der Waals surface area contributed by atoms with Crippen molar-refractivity contribution >= 4 is 0 Å². The highest BCUT2D eigenvalue weighted by Crippen LogP contribution is 2.67. The van der Waals surface area contributed by atoms with Crippen LogP contribution in [-0.4, -0.2) is 23.9 Å². The molecule has 2 heteroatoms. The van der Waals surface area contributed by atoms with E-state index in [2.05, 4.69) is 47.6 Å². The fraction of sp³-hybridized carbons (Fsp3) is 0.944. The number of aliphatic hydroxyl groups excluding tert-OH is 1. The molecule has 0 aromatic heterocycles. The van der Waals surface area contributed by atoms with Gasteiger partial charge in [-0.25, -0.2) is 0 Å². The van der Waals surface area contributed by atoms with Gasteiger partial charge in [0.15, 0.2) is 0 Å². The molecular formula is C36H64O2. The van der Waals surface area contributed by atoms with Gasteiger partial charge in [-0.05, 0) is 85.9 Å². The number of hydrogen-bond acceptors (Lipinski definition) is 2. The molecule has 0 spiro atoms. The SMILES string of the molecule is CCCCCCCCCOC1C[C@H](O)CC2=CC[C@H]3[C@@H]4CC[C@H]([C@H](C)CCCC(C)C)[C@@]4(C)CC[C@@H]3[C@]21C. The molecule has 0 saturated heterocycles. The number of unbranched alkanes of at least 4 members (excludes halogenated alkanes) is 6. The Balaban J connectivity index is 1.40. The zero-order valence-corrected chi connectivity index (χ0v) is 26.3. The molecule has 220 valence electrons. The van der Waals surface area contributed by atoms with Gasteiger partial charge >= 0.3 is 0 Å². The van der Waals surface area contributed by atoms with E-state index in [1.165, 1.54) is 96.3 Å². The summed E-state index contributed by atoms with van der Waals surface area (Å²) in [5.41, 5.74) is 2.20. The summed E-state index contributed by atoms with van der Waals surface area (Å²) >= 11 is 0. The van der Waals surface area contributed by atoms with Gasteiger partial charge in [0.2, 0.25) is 0 Å². The van der Waals surface area contributed by atoms with Crippen molar-refractivity contribution < 1.29 is 9.84 Å². The minimum absolute atomic E-state index is 0.131. The summed E-state index contributed by atoms with van der Waals surface area (Å²) in [6.45, 7) is 15.8. The lowest BCUT2D eigenvalue weighted by atomic mass is 9.46. The summed E-state index contributed by atoms with van der Waals surface area (Å²) < 4.78 is 6.76. The van der Waals surface area contributed by atoms with Crippen LogP contribution in [0.15, 0.2) is 11.6 Å². The van der Waals surface area contributed by atoms with Crippen LogP contribution in [0.25, 0.3) is 0 Å². The molecule has 1 N–H and O–H groups in total. The monoisotopic (exact) mass is 528 g/mol. The minimum Gasteiger partial charge on any atom is -0.393 e. The summed E-state index contributed by atoms with van der Waals surface area (Å²) in [6.07, 6.45) is 24.7. The van der Waals surface area contributed by atoms with Crippen molar-refractivity contribution in [3.05, 3.63) is 11.6 Å². The first kappa shape index (κ1) is 30.6. The van der Waals surface area contributed by atoms with Crippen molar-refractivity contribution in [2.24, 2.45) is 46.3 Å². The van der Waals surface area contributed by atoms with Gasteiger partial charge in [-0.3, -0.25) is 0 Å². The molecule has 4 aliphatic rings. The third-order valence-electron chi connectivity index (χ3n) is 12.4. The second-order valence-electron chi connectivity index (χ2n) is 15.2. The van der Waals surface area contributed by atoms with E-state index in [1.54, 1.807) is 5.57 Å². The second-order valence-corrected chi connectivity index (χ2v) is 15.2. The highest BCUT2D eigenvalue weighted by Gasteiger charge is 2.61. The smallest absolute Gasteiger partial charge is 0.0693 e. The number of rotatable bonds is 14. The third-order valence-corrected chi connectivity index (χ3v) is 12.4. The van der Waals surface area contributed by atoms with Crippen LogP contribution in [0, 0.1) is 46.3 Å². The maximum atomic E-state index is 10.8. The zero-order chi connectivity index (χ0) is 27.3. The van der Waals surface area contributed by atoms with E-state index in [0.29, 0.717) is 5.41 Å². The lowest BCUT2D eigenvalue weighted by Gasteiger charge is -2.60. The van der Waals surface area contributed by atoms with Crippen molar-refractivity contribution in [2.45, 2.75) is 163 Å². The third kappa shape index (κ3) is 6.42. The highest BCUT2D eigenvalue weighted by atomic mass is 16.5. The Morgan fingerprint density at radius 3 is 2.39 bits per heavy atom. The molecule has 0 bridgehead atoms. The summed E-state index contributed by atoms with van der Waals surface area (Å²) in [5, 5.41) is 10.8. The van der Waals surface area contributed by atoms with Crippen LogP contribution in [0.3, 0.4) is 0 Å². The van der Waals surface area contributed by atoms with Crippen LogP contribution >= 0.6 is 0 Å². The molecule has 2 nitrogen and oxygen atoms in total. The number of allylic oxidation sites excluding steroid dienone is 1. The molecule has 9 atom stereocenters. The van der Waals surface area contributed by atoms with Gasteiger partial charge in [0.25, 0.3) is 0 Å². The molecule has 0 heterocycles. The number of hydrogen-bond donors (Lipinski definition) is 1. The maximum Gasteiger partial charge on any atom is 0.0693 e. The van der Waals surface area contributed by atoms with E-state index in [4.69, 9.17) is 4.74 Å². The summed E-state index contributed by atoms with van der Waals surface area (Å²) in [5.74, 6) is 5.05. The van der Waals surface area contributed by atoms with Crippen molar-refractivity contribution in [1.82, 2.24) is 0 Å². The second kappa shape index (κ2) is 13.5. The Morgan fingerprint density at radius 2 is 1.66 bits per heavy atom. The van der Waals surface area contributed by atoms with E-state index in [1.807, 2.05) is 0 Å². The van der Waals surface area contributed by atoms with E-state index < -0.39 is 0 Å². The van der Waals surface area contributed by atoms with E-state index in [0.717, 1.165) is 55.0 Å². The van der Waals surface area contributed by atoms with Gasteiger partial charge < -0.3 is 9.84 Å². The average Bonchev–Trinajstić information content (AvgIpc) is 3.23. The van der Waals surface area contributed by atoms with Crippen LogP contribution in [0.1, 0.15) is 151 Å². The predicted molar refractivity (Wildman–Crippen MR) is 162 cm³/mol. The van der Waals surface area contributed by atoms with E-state index >= 15 is 0 Å². The quantitative estimate of drug-likeness (QED) is 0.179.